The van der Waals surface area contributed by atoms with Crippen molar-refractivity contribution < 1.29 is 17.9 Å². The number of rotatable bonds is 7. The van der Waals surface area contributed by atoms with Gasteiger partial charge in [-0.3, -0.25) is 0 Å². The SMILES string of the molecule is CC(CCC#N)CNc1ccccc1OCC(F)(F)F. The fourth-order valence-electron chi connectivity index (χ4n) is 1.60. The summed E-state index contributed by atoms with van der Waals surface area (Å²) >= 11 is 0. The predicted molar refractivity (Wildman–Crippen MR) is 70.5 cm³/mol. The van der Waals surface area contributed by atoms with Gasteiger partial charge in [0, 0.05) is 13.0 Å². The fraction of sp³-hybridized carbons (Fsp3) is 0.500. The van der Waals surface area contributed by atoms with Crippen molar-refractivity contribution in [3.8, 4) is 11.8 Å². The van der Waals surface area contributed by atoms with Crippen LogP contribution >= 0.6 is 0 Å². The molecule has 0 aliphatic heterocycles. The number of benzene rings is 1. The molecular weight excluding hydrogens is 269 g/mol. The lowest BCUT2D eigenvalue weighted by atomic mass is 10.1. The number of alkyl halides is 3. The van der Waals surface area contributed by atoms with Gasteiger partial charge in [0.15, 0.2) is 6.61 Å². The maximum atomic E-state index is 12.2. The molecule has 6 heteroatoms. The fourth-order valence-corrected chi connectivity index (χ4v) is 1.60. The summed E-state index contributed by atoms with van der Waals surface area (Å²) in [4.78, 5) is 0. The number of nitrogens with one attached hydrogen (secondary N) is 1. The highest BCUT2D eigenvalue weighted by molar-refractivity contribution is 5.56. The van der Waals surface area contributed by atoms with Crippen LogP contribution in [0.15, 0.2) is 24.3 Å². The first-order valence-corrected chi connectivity index (χ1v) is 6.32. The van der Waals surface area contributed by atoms with E-state index in [1.54, 1.807) is 18.2 Å². The number of nitriles is 1. The average Bonchev–Trinajstić information content (AvgIpc) is 2.40. The molecule has 0 saturated carbocycles. The van der Waals surface area contributed by atoms with Gasteiger partial charge in [0.1, 0.15) is 5.75 Å². The lowest BCUT2D eigenvalue weighted by molar-refractivity contribution is -0.153. The number of anilines is 1. The molecule has 0 bridgehead atoms. The normalized spacial score (nSPS) is 12.6. The van der Waals surface area contributed by atoms with Crippen LogP contribution in [0, 0.1) is 17.2 Å². The molecule has 1 aromatic carbocycles. The van der Waals surface area contributed by atoms with E-state index in [9.17, 15) is 13.2 Å². The second kappa shape index (κ2) is 7.63. The molecule has 0 fully saturated rings. The van der Waals surface area contributed by atoms with Gasteiger partial charge in [-0.25, -0.2) is 0 Å². The van der Waals surface area contributed by atoms with Crippen molar-refractivity contribution in [1.29, 1.82) is 5.26 Å². The van der Waals surface area contributed by atoms with Crippen molar-refractivity contribution in [2.24, 2.45) is 5.92 Å². The summed E-state index contributed by atoms with van der Waals surface area (Å²) in [6.45, 7) is 1.24. The monoisotopic (exact) mass is 286 g/mol. The third-order valence-electron chi connectivity index (χ3n) is 2.67. The molecule has 0 heterocycles. The largest absolute Gasteiger partial charge is 0.482 e. The number of nitrogens with zero attached hydrogens (tertiary/aromatic N) is 1. The van der Waals surface area contributed by atoms with Crippen LogP contribution in [0.3, 0.4) is 0 Å². The summed E-state index contributed by atoms with van der Waals surface area (Å²) in [7, 11) is 0. The van der Waals surface area contributed by atoms with Gasteiger partial charge in [0.25, 0.3) is 0 Å². The standard InChI is InChI=1S/C14H17F3N2O/c1-11(5-4-8-18)9-19-12-6-2-3-7-13(12)20-10-14(15,16)17/h2-3,6-7,11,19H,4-5,9-10H2,1H3. The Hall–Kier alpha value is -1.90. The minimum atomic E-state index is -4.35. The van der Waals surface area contributed by atoms with E-state index in [0.29, 0.717) is 18.7 Å². The smallest absolute Gasteiger partial charge is 0.422 e. The molecule has 1 unspecified atom stereocenters. The highest BCUT2D eigenvalue weighted by Crippen LogP contribution is 2.26. The molecule has 20 heavy (non-hydrogen) atoms. The van der Waals surface area contributed by atoms with Gasteiger partial charge in [-0.2, -0.15) is 18.4 Å². The molecule has 0 aliphatic carbocycles. The number of ether oxygens (including phenoxy) is 1. The highest BCUT2D eigenvalue weighted by Gasteiger charge is 2.28. The number of halogens is 3. The molecule has 0 amide bonds. The maximum Gasteiger partial charge on any atom is 0.422 e. The molecule has 0 radical (unpaired) electrons. The average molecular weight is 286 g/mol. The van der Waals surface area contributed by atoms with E-state index in [4.69, 9.17) is 10.00 Å². The maximum absolute atomic E-state index is 12.2. The molecule has 1 rings (SSSR count). The second-order valence-corrected chi connectivity index (χ2v) is 4.58. The molecule has 110 valence electrons. The molecule has 1 atom stereocenters. The minimum Gasteiger partial charge on any atom is -0.482 e. The van der Waals surface area contributed by atoms with Gasteiger partial charge in [-0.05, 0) is 24.5 Å². The Balaban J connectivity index is 2.55. The van der Waals surface area contributed by atoms with Crippen LogP contribution in [0.4, 0.5) is 18.9 Å². The second-order valence-electron chi connectivity index (χ2n) is 4.58. The van der Waals surface area contributed by atoms with Crippen molar-refractivity contribution in [2.75, 3.05) is 18.5 Å². The number of hydrogen-bond acceptors (Lipinski definition) is 3. The summed E-state index contributed by atoms with van der Waals surface area (Å²) in [6.07, 6.45) is -3.14. The van der Waals surface area contributed by atoms with E-state index in [2.05, 4.69) is 11.4 Å². The first kappa shape index (κ1) is 16.2. The van der Waals surface area contributed by atoms with Crippen LogP contribution < -0.4 is 10.1 Å². The zero-order valence-corrected chi connectivity index (χ0v) is 11.2. The Morgan fingerprint density at radius 1 is 1.35 bits per heavy atom. The Kier molecular flexibility index (Phi) is 6.16. The van der Waals surface area contributed by atoms with E-state index < -0.39 is 12.8 Å². The Morgan fingerprint density at radius 2 is 2.05 bits per heavy atom. The van der Waals surface area contributed by atoms with Gasteiger partial charge in [-0.1, -0.05) is 19.1 Å². The molecule has 1 aromatic rings. The number of hydrogen-bond donors (Lipinski definition) is 1. The molecule has 3 nitrogen and oxygen atoms in total. The zero-order chi connectivity index (χ0) is 15.0. The third kappa shape index (κ3) is 6.32. The molecule has 1 N–H and O–H groups in total. The molecule has 0 aromatic heterocycles. The van der Waals surface area contributed by atoms with Crippen molar-refractivity contribution in [3.63, 3.8) is 0 Å². The Bertz CT molecular complexity index is 454. The van der Waals surface area contributed by atoms with E-state index in [1.807, 2.05) is 6.92 Å². The van der Waals surface area contributed by atoms with Crippen LogP contribution in [0.25, 0.3) is 0 Å². The highest BCUT2D eigenvalue weighted by atomic mass is 19.4. The van der Waals surface area contributed by atoms with Gasteiger partial charge in [0.05, 0.1) is 11.8 Å². The van der Waals surface area contributed by atoms with E-state index >= 15 is 0 Å². The topological polar surface area (TPSA) is 45.0 Å². The predicted octanol–water partition coefficient (Wildman–Crippen LogP) is 3.98. The summed E-state index contributed by atoms with van der Waals surface area (Å²) < 4.78 is 41.2. The summed E-state index contributed by atoms with van der Waals surface area (Å²) in [6, 6.07) is 8.58. The first-order valence-electron chi connectivity index (χ1n) is 6.32. The molecular formula is C14H17F3N2O. The van der Waals surface area contributed by atoms with Crippen molar-refractivity contribution in [3.05, 3.63) is 24.3 Å². The first-order chi connectivity index (χ1) is 9.42. The quantitative estimate of drug-likeness (QED) is 0.824. The van der Waals surface area contributed by atoms with Crippen LogP contribution in [0.1, 0.15) is 19.8 Å². The Labute approximate surface area is 116 Å². The van der Waals surface area contributed by atoms with Gasteiger partial charge >= 0.3 is 6.18 Å². The summed E-state index contributed by atoms with van der Waals surface area (Å²) in [5, 5.41) is 11.6. The van der Waals surface area contributed by atoms with Gasteiger partial charge < -0.3 is 10.1 Å². The molecule has 0 aliphatic rings. The Morgan fingerprint density at radius 3 is 2.70 bits per heavy atom. The molecule has 0 saturated heterocycles. The van der Waals surface area contributed by atoms with Crippen LogP contribution in [-0.4, -0.2) is 19.3 Å². The lowest BCUT2D eigenvalue weighted by Gasteiger charge is -2.16. The van der Waals surface area contributed by atoms with Gasteiger partial charge in [0.2, 0.25) is 0 Å². The van der Waals surface area contributed by atoms with E-state index in [1.165, 1.54) is 6.07 Å². The van der Waals surface area contributed by atoms with Crippen LogP contribution in [0.5, 0.6) is 5.75 Å². The van der Waals surface area contributed by atoms with Crippen LogP contribution in [-0.2, 0) is 0 Å². The van der Waals surface area contributed by atoms with E-state index in [-0.39, 0.29) is 11.7 Å². The van der Waals surface area contributed by atoms with Crippen molar-refractivity contribution in [1.82, 2.24) is 0 Å². The third-order valence-corrected chi connectivity index (χ3v) is 2.67. The number of para-hydroxylation sites is 2. The molecule has 0 spiro atoms. The van der Waals surface area contributed by atoms with Crippen molar-refractivity contribution >= 4 is 5.69 Å². The van der Waals surface area contributed by atoms with Gasteiger partial charge in [-0.15, -0.1) is 0 Å². The zero-order valence-electron chi connectivity index (χ0n) is 11.2. The summed E-state index contributed by atoms with van der Waals surface area (Å²) in [5.41, 5.74) is 0.528. The minimum absolute atomic E-state index is 0.178. The van der Waals surface area contributed by atoms with E-state index in [0.717, 1.165) is 6.42 Å². The van der Waals surface area contributed by atoms with Crippen molar-refractivity contribution in [2.45, 2.75) is 25.9 Å². The lowest BCUT2D eigenvalue weighted by Crippen LogP contribution is -2.20. The van der Waals surface area contributed by atoms with Crippen LogP contribution in [0.2, 0.25) is 0 Å². The summed E-state index contributed by atoms with van der Waals surface area (Å²) in [5.74, 6) is 0.433.